The molecular weight excluding hydrogens is 234 g/mol. The van der Waals surface area contributed by atoms with Crippen molar-refractivity contribution < 1.29 is 19.1 Å². The van der Waals surface area contributed by atoms with E-state index in [9.17, 15) is 14.4 Å². The fourth-order valence-corrected chi connectivity index (χ4v) is 1.63. The fraction of sp³-hybridized carbons (Fsp3) is 0.308. The van der Waals surface area contributed by atoms with Gasteiger partial charge in [0.25, 0.3) is 0 Å². The molecule has 0 aliphatic rings. The molecule has 1 rings (SSSR count). The summed E-state index contributed by atoms with van der Waals surface area (Å²) < 4.78 is 4.57. The maximum Gasteiger partial charge on any atom is 0.316 e. The fourth-order valence-electron chi connectivity index (χ4n) is 1.63. The molecule has 5 nitrogen and oxygen atoms in total. The molecule has 2 N–H and O–H groups in total. The van der Waals surface area contributed by atoms with E-state index in [2.05, 4.69) is 4.74 Å². The van der Waals surface area contributed by atoms with Gasteiger partial charge < -0.3 is 10.5 Å². The summed E-state index contributed by atoms with van der Waals surface area (Å²) >= 11 is 0. The van der Waals surface area contributed by atoms with Gasteiger partial charge in [-0.2, -0.15) is 0 Å². The van der Waals surface area contributed by atoms with Crippen LogP contribution in [0.3, 0.4) is 0 Å². The summed E-state index contributed by atoms with van der Waals surface area (Å²) in [6, 6.07) is 5.99. The first-order valence-electron chi connectivity index (χ1n) is 5.53. The van der Waals surface area contributed by atoms with E-state index in [-0.39, 0.29) is 16.9 Å². The Balaban J connectivity index is 3.05. The minimum Gasteiger partial charge on any atom is -0.468 e. The van der Waals surface area contributed by atoms with Crippen LogP contribution in [0.4, 0.5) is 0 Å². The predicted octanol–water partition coefficient (Wildman–Crippen LogP) is 1.17. The van der Waals surface area contributed by atoms with Gasteiger partial charge in [0.05, 0.1) is 7.11 Å². The normalized spacial score (nSPS) is 11.7. The monoisotopic (exact) mass is 249 g/mol. The lowest BCUT2D eigenvalue weighted by molar-refractivity contribution is -0.143. The molecule has 0 spiro atoms. The van der Waals surface area contributed by atoms with Crippen molar-refractivity contribution in [1.82, 2.24) is 0 Å². The van der Waals surface area contributed by atoms with Crippen LogP contribution in [0.1, 0.15) is 34.1 Å². The lowest BCUT2D eigenvalue weighted by atomic mass is 9.94. The molecule has 1 aromatic rings. The van der Waals surface area contributed by atoms with Gasteiger partial charge in [0.15, 0.2) is 5.78 Å². The Morgan fingerprint density at radius 3 is 2.39 bits per heavy atom. The third kappa shape index (κ3) is 2.94. The second kappa shape index (κ2) is 5.95. The highest BCUT2D eigenvalue weighted by Crippen LogP contribution is 2.15. The summed E-state index contributed by atoms with van der Waals surface area (Å²) in [5, 5.41) is 0. The average molecular weight is 249 g/mol. The maximum atomic E-state index is 12.1. The van der Waals surface area contributed by atoms with Crippen LogP contribution in [0, 0.1) is 5.92 Å². The number of carbonyl (C=O) groups is 3. The lowest BCUT2D eigenvalue weighted by Crippen LogP contribution is -2.25. The van der Waals surface area contributed by atoms with Crippen molar-refractivity contribution in [2.24, 2.45) is 11.7 Å². The number of hydrogen-bond donors (Lipinski definition) is 1. The Morgan fingerprint density at radius 1 is 1.28 bits per heavy atom. The first-order valence-corrected chi connectivity index (χ1v) is 5.53. The summed E-state index contributed by atoms with van der Waals surface area (Å²) in [6.07, 6.45) is 0.340. The van der Waals surface area contributed by atoms with Gasteiger partial charge in [-0.25, -0.2) is 0 Å². The van der Waals surface area contributed by atoms with Gasteiger partial charge in [0, 0.05) is 11.1 Å². The van der Waals surface area contributed by atoms with E-state index in [0.717, 1.165) is 0 Å². The smallest absolute Gasteiger partial charge is 0.316 e. The number of carbonyl (C=O) groups excluding carboxylic acids is 3. The molecule has 1 unspecified atom stereocenters. The standard InChI is InChI=1S/C13H15NO4/c1-3-10(13(17)18-2)11(15)8-5-4-6-9(7-8)12(14)16/h4-7,10H,3H2,1-2H3,(H2,14,16). The molecule has 0 heterocycles. The molecule has 0 aliphatic carbocycles. The van der Waals surface area contributed by atoms with Crippen LogP contribution >= 0.6 is 0 Å². The largest absolute Gasteiger partial charge is 0.468 e. The molecule has 5 heteroatoms. The molecule has 0 saturated heterocycles. The molecule has 18 heavy (non-hydrogen) atoms. The highest BCUT2D eigenvalue weighted by Gasteiger charge is 2.26. The second-order valence-electron chi connectivity index (χ2n) is 3.79. The number of rotatable bonds is 5. The van der Waals surface area contributed by atoms with E-state index in [1.54, 1.807) is 19.1 Å². The van der Waals surface area contributed by atoms with E-state index in [1.807, 2.05) is 0 Å². The van der Waals surface area contributed by atoms with Gasteiger partial charge >= 0.3 is 5.97 Å². The molecular formula is C13H15NO4. The van der Waals surface area contributed by atoms with Gasteiger partial charge in [0.2, 0.25) is 5.91 Å². The van der Waals surface area contributed by atoms with Crippen molar-refractivity contribution in [3.63, 3.8) is 0 Å². The minimum atomic E-state index is -0.849. The van der Waals surface area contributed by atoms with Crippen molar-refractivity contribution in [2.45, 2.75) is 13.3 Å². The van der Waals surface area contributed by atoms with Gasteiger partial charge in [-0.3, -0.25) is 14.4 Å². The van der Waals surface area contributed by atoms with Gasteiger partial charge in [-0.1, -0.05) is 19.1 Å². The predicted molar refractivity (Wildman–Crippen MR) is 65.1 cm³/mol. The molecule has 0 aliphatic heterocycles. The Kier molecular flexibility index (Phi) is 4.59. The Bertz CT molecular complexity index is 482. The second-order valence-corrected chi connectivity index (χ2v) is 3.79. The molecule has 0 fully saturated rings. The van der Waals surface area contributed by atoms with E-state index in [1.165, 1.54) is 19.2 Å². The van der Waals surface area contributed by atoms with Crippen LogP contribution in [-0.4, -0.2) is 24.8 Å². The Hall–Kier alpha value is -2.17. The number of esters is 1. The summed E-state index contributed by atoms with van der Waals surface area (Å²) in [6.45, 7) is 1.72. The zero-order valence-electron chi connectivity index (χ0n) is 10.3. The molecule has 0 bridgehead atoms. The number of methoxy groups -OCH3 is 1. The van der Waals surface area contributed by atoms with Gasteiger partial charge in [0.1, 0.15) is 5.92 Å². The molecule has 0 radical (unpaired) electrons. The average Bonchev–Trinajstić information content (AvgIpc) is 2.39. The number of nitrogens with two attached hydrogens (primary N) is 1. The highest BCUT2D eigenvalue weighted by molar-refractivity contribution is 6.09. The molecule has 1 amide bonds. The molecule has 1 atom stereocenters. The highest BCUT2D eigenvalue weighted by atomic mass is 16.5. The first-order chi connectivity index (χ1) is 8.51. The topological polar surface area (TPSA) is 86.5 Å². The maximum absolute atomic E-state index is 12.1. The number of primary amides is 1. The zero-order chi connectivity index (χ0) is 13.7. The number of ether oxygens (including phenoxy) is 1. The number of benzene rings is 1. The van der Waals surface area contributed by atoms with E-state index < -0.39 is 17.8 Å². The Labute approximate surface area is 105 Å². The Morgan fingerprint density at radius 2 is 1.89 bits per heavy atom. The summed E-state index contributed by atoms with van der Waals surface area (Å²) in [4.78, 5) is 34.6. The van der Waals surface area contributed by atoms with Crippen LogP contribution in [0.5, 0.6) is 0 Å². The first kappa shape index (κ1) is 13.9. The minimum absolute atomic E-state index is 0.237. The van der Waals surface area contributed by atoms with Gasteiger partial charge in [-0.05, 0) is 18.6 Å². The number of Topliss-reactive ketones (excluding diaryl/α,β-unsaturated/α-hetero) is 1. The van der Waals surface area contributed by atoms with E-state index in [4.69, 9.17) is 5.73 Å². The van der Waals surface area contributed by atoms with Crippen molar-refractivity contribution in [3.8, 4) is 0 Å². The zero-order valence-corrected chi connectivity index (χ0v) is 10.3. The van der Waals surface area contributed by atoms with Crippen LogP contribution in [0.15, 0.2) is 24.3 Å². The third-order valence-electron chi connectivity index (χ3n) is 2.64. The third-order valence-corrected chi connectivity index (χ3v) is 2.64. The van der Waals surface area contributed by atoms with Crippen LogP contribution < -0.4 is 5.73 Å². The number of amides is 1. The van der Waals surface area contributed by atoms with Gasteiger partial charge in [-0.15, -0.1) is 0 Å². The molecule has 0 saturated carbocycles. The SMILES string of the molecule is CCC(C(=O)OC)C(=O)c1cccc(C(N)=O)c1. The number of ketones is 1. The molecule has 1 aromatic carbocycles. The summed E-state index contributed by atoms with van der Waals surface area (Å²) in [5.74, 6) is -2.41. The summed E-state index contributed by atoms with van der Waals surface area (Å²) in [7, 11) is 1.23. The van der Waals surface area contributed by atoms with E-state index in [0.29, 0.717) is 6.42 Å². The van der Waals surface area contributed by atoms with E-state index >= 15 is 0 Å². The van der Waals surface area contributed by atoms with Crippen LogP contribution in [-0.2, 0) is 9.53 Å². The van der Waals surface area contributed by atoms with Crippen molar-refractivity contribution in [2.75, 3.05) is 7.11 Å². The number of hydrogen-bond acceptors (Lipinski definition) is 4. The lowest BCUT2D eigenvalue weighted by Gasteiger charge is -2.11. The van der Waals surface area contributed by atoms with Crippen molar-refractivity contribution in [3.05, 3.63) is 35.4 Å². The van der Waals surface area contributed by atoms with Crippen LogP contribution in [0.2, 0.25) is 0 Å². The summed E-state index contributed by atoms with van der Waals surface area (Å²) in [5.41, 5.74) is 5.65. The van der Waals surface area contributed by atoms with Crippen LogP contribution in [0.25, 0.3) is 0 Å². The van der Waals surface area contributed by atoms with Crippen molar-refractivity contribution in [1.29, 1.82) is 0 Å². The van der Waals surface area contributed by atoms with Crippen molar-refractivity contribution >= 4 is 17.7 Å². The molecule has 0 aromatic heterocycles. The molecule has 96 valence electrons. The quantitative estimate of drug-likeness (QED) is 0.482.